The summed E-state index contributed by atoms with van der Waals surface area (Å²) in [5, 5.41) is 0. The summed E-state index contributed by atoms with van der Waals surface area (Å²) in [6.45, 7) is 9.83. The Morgan fingerprint density at radius 1 is 1.27 bits per heavy atom. The van der Waals surface area contributed by atoms with Gasteiger partial charge in [-0.2, -0.15) is 0 Å². The second kappa shape index (κ2) is 10.7. The van der Waals surface area contributed by atoms with Gasteiger partial charge in [-0.15, -0.1) is 0 Å². The van der Waals surface area contributed by atoms with Crippen LogP contribution in [0, 0.1) is 12.8 Å². The molecule has 4 heteroatoms. The van der Waals surface area contributed by atoms with E-state index in [9.17, 15) is 4.57 Å². The van der Waals surface area contributed by atoms with Crippen LogP contribution in [0.5, 0.6) is 0 Å². The van der Waals surface area contributed by atoms with Crippen molar-refractivity contribution in [2.75, 3.05) is 20.9 Å². The van der Waals surface area contributed by atoms with Gasteiger partial charge in [-0.3, -0.25) is 4.57 Å². The standard InChI is InChI=1S/C8H17.C3H9O3P/c1-4-6-7-8(3)5-2;1-5-7(3,4)6-2/h8H,3-7H2,1-2H3;1-3H3. The molecular weight excluding hydrogens is 211 g/mol. The molecule has 0 saturated heterocycles. The highest BCUT2D eigenvalue weighted by Crippen LogP contribution is 2.40. The summed E-state index contributed by atoms with van der Waals surface area (Å²) in [4.78, 5) is 0. The van der Waals surface area contributed by atoms with Crippen molar-refractivity contribution in [1.29, 1.82) is 0 Å². The Balaban J connectivity index is 0. The summed E-state index contributed by atoms with van der Waals surface area (Å²) in [6.07, 6.45) is 5.21. The van der Waals surface area contributed by atoms with Gasteiger partial charge in [0.15, 0.2) is 0 Å². The minimum absolute atomic E-state index is 0.704. The molecule has 1 unspecified atom stereocenters. The topological polar surface area (TPSA) is 35.5 Å². The second-order valence-corrected chi connectivity index (χ2v) is 5.83. The van der Waals surface area contributed by atoms with Crippen molar-refractivity contribution in [3.8, 4) is 0 Å². The van der Waals surface area contributed by atoms with Gasteiger partial charge < -0.3 is 9.05 Å². The Bertz CT molecular complexity index is 163. The first-order valence-corrected chi connectivity index (χ1v) is 7.44. The lowest BCUT2D eigenvalue weighted by molar-refractivity contribution is 0.282. The minimum atomic E-state index is -2.65. The fraction of sp³-hybridized carbons (Fsp3) is 0.909. The lowest BCUT2D eigenvalue weighted by Gasteiger charge is -2.04. The Morgan fingerprint density at radius 2 is 1.73 bits per heavy atom. The Hall–Kier alpha value is 0.150. The van der Waals surface area contributed by atoms with Gasteiger partial charge >= 0.3 is 7.60 Å². The second-order valence-electron chi connectivity index (χ2n) is 3.55. The summed E-state index contributed by atoms with van der Waals surface area (Å²) in [5.74, 6) is 0.704. The van der Waals surface area contributed by atoms with Crippen LogP contribution in [0.3, 0.4) is 0 Å². The summed E-state index contributed by atoms with van der Waals surface area (Å²) in [6, 6.07) is 0. The quantitative estimate of drug-likeness (QED) is 0.651. The van der Waals surface area contributed by atoms with Gasteiger partial charge in [-0.25, -0.2) is 0 Å². The molecule has 0 spiro atoms. The zero-order valence-electron chi connectivity index (χ0n) is 10.8. The first-order valence-electron chi connectivity index (χ1n) is 5.45. The summed E-state index contributed by atoms with van der Waals surface area (Å²) >= 11 is 0. The lowest BCUT2D eigenvalue weighted by atomic mass is 10.0. The monoisotopic (exact) mass is 237 g/mol. The normalized spacial score (nSPS) is 12.9. The largest absolute Gasteiger partial charge is 0.327 e. The molecule has 0 amide bonds. The van der Waals surface area contributed by atoms with Gasteiger partial charge in [0.25, 0.3) is 0 Å². The molecule has 93 valence electrons. The smallest absolute Gasteiger partial charge is 0.312 e. The number of rotatable bonds is 6. The van der Waals surface area contributed by atoms with Crippen LogP contribution in [-0.4, -0.2) is 20.9 Å². The van der Waals surface area contributed by atoms with Crippen LogP contribution in [0.4, 0.5) is 0 Å². The molecule has 0 fully saturated rings. The van der Waals surface area contributed by atoms with Crippen LogP contribution in [0.25, 0.3) is 0 Å². The fourth-order valence-corrected chi connectivity index (χ4v) is 0.921. The number of unbranched alkanes of at least 4 members (excludes halogenated alkanes) is 1. The van der Waals surface area contributed by atoms with Crippen molar-refractivity contribution in [3.05, 3.63) is 6.92 Å². The van der Waals surface area contributed by atoms with Crippen molar-refractivity contribution >= 4 is 7.60 Å². The minimum Gasteiger partial charge on any atom is -0.312 e. The van der Waals surface area contributed by atoms with Crippen molar-refractivity contribution < 1.29 is 13.6 Å². The van der Waals surface area contributed by atoms with Crippen LogP contribution in [-0.2, 0) is 13.6 Å². The van der Waals surface area contributed by atoms with Gasteiger partial charge in [0.05, 0.1) is 0 Å². The predicted molar refractivity (Wildman–Crippen MR) is 66.2 cm³/mol. The summed E-state index contributed by atoms with van der Waals surface area (Å²) in [7, 11) is 0.0486. The van der Waals surface area contributed by atoms with Gasteiger partial charge in [0, 0.05) is 20.9 Å². The first kappa shape index (κ1) is 17.5. The van der Waals surface area contributed by atoms with Crippen molar-refractivity contribution in [2.45, 2.75) is 39.5 Å². The first-order chi connectivity index (χ1) is 6.93. The lowest BCUT2D eigenvalue weighted by Crippen LogP contribution is -1.90. The van der Waals surface area contributed by atoms with E-state index in [0.717, 1.165) is 0 Å². The van der Waals surface area contributed by atoms with Crippen LogP contribution in [0.2, 0.25) is 0 Å². The van der Waals surface area contributed by atoms with Gasteiger partial charge in [-0.05, 0) is 5.92 Å². The van der Waals surface area contributed by atoms with Crippen molar-refractivity contribution in [1.82, 2.24) is 0 Å². The molecule has 15 heavy (non-hydrogen) atoms. The molecule has 0 aliphatic rings. The molecule has 3 nitrogen and oxygen atoms in total. The highest BCUT2D eigenvalue weighted by Gasteiger charge is 2.08. The fourth-order valence-electron chi connectivity index (χ4n) is 0.771. The van der Waals surface area contributed by atoms with Crippen molar-refractivity contribution in [2.24, 2.45) is 5.92 Å². The molecule has 0 bridgehead atoms. The van der Waals surface area contributed by atoms with Crippen LogP contribution >= 0.6 is 7.60 Å². The molecule has 1 radical (unpaired) electrons. The Labute approximate surface area is 95.1 Å². The van der Waals surface area contributed by atoms with Crippen LogP contribution in [0.15, 0.2) is 0 Å². The van der Waals surface area contributed by atoms with E-state index in [2.05, 4.69) is 29.8 Å². The van der Waals surface area contributed by atoms with Gasteiger partial charge in [0.1, 0.15) is 0 Å². The third-order valence-corrected chi connectivity index (χ3v) is 3.53. The SMILES string of the molecule is COP(C)(=O)OC.[CH2]C(CC)CCCC. The van der Waals surface area contributed by atoms with E-state index < -0.39 is 7.60 Å². The van der Waals surface area contributed by atoms with E-state index in [0.29, 0.717) is 5.92 Å². The highest BCUT2D eigenvalue weighted by atomic mass is 31.2. The maximum Gasteiger partial charge on any atom is 0.327 e. The molecule has 0 rings (SSSR count). The molecule has 0 aromatic heterocycles. The maximum atomic E-state index is 10.5. The van der Waals surface area contributed by atoms with E-state index in [1.807, 2.05) is 0 Å². The Morgan fingerprint density at radius 3 is 1.93 bits per heavy atom. The zero-order valence-corrected chi connectivity index (χ0v) is 11.7. The molecule has 0 saturated carbocycles. The summed E-state index contributed by atoms with van der Waals surface area (Å²) < 4.78 is 19.3. The molecule has 1 atom stereocenters. The Kier molecular flexibility index (Phi) is 12.5. The van der Waals surface area contributed by atoms with E-state index in [1.54, 1.807) is 0 Å². The van der Waals surface area contributed by atoms with E-state index in [4.69, 9.17) is 0 Å². The average molecular weight is 237 g/mol. The molecule has 0 aromatic rings. The number of hydrogen-bond acceptors (Lipinski definition) is 3. The molecule has 0 aromatic carbocycles. The van der Waals surface area contributed by atoms with E-state index in [-0.39, 0.29) is 0 Å². The molecule has 0 aliphatic heterocycles. The zero-order chi connectivity index (χ0) is 12.3. The van der Waals surface area contributed by atoms with E-state index in [1.165, 1.54) is 46.6 Å². The maximum absolute atomic E-state index is 10.5. The number of hydrogen-bond donors (Lipinski definition) is 0. The molecule has 0 N–H and O–H groups in total. The van der Waals surface area contributed by atoms with Gasteiger partial charge in [-0.1, -0.05) is 46.5 Å². The third kappa shape index (κ3) is 14.2. The average Bonchev–Trinajstić information content (AvgIpc) is 2.26. The van der Waals surface area contributed by atoms with Crippen molar-refractivity contribution in [3.63, 3.8) is 0 Å². The predicted octanol–water partition coefficient (Wildman–Crippen LogP) is 4.14. The van der Waals surface area contributed by atoms with Crippen LogP contribution < -0.4 is 0 Å². The third-order valence-electron chi connectivity index (χ3n) is 2.21. The summed E-state index contributed by atoms with van der Waals surface area (Å²) in [5.41, 5.74) is 0. The molecule has 0 aliphatic carbocycles. The van der Waals surface area contributed by atoms with E-state index >= 15 is 0 Å². The highest BCUT2D eigenvalue weighted by molar-refractivity contribution is 7.52. The van der Waals surface area contributed by atoms with Crippen LogP contribution in [0.1, 0.15) is 39.5 Å². The molecule has 0 heterocycles. The molecular formula is C11H26O3P. The van der Waals surface area contributed by atoms with Gasteiger partial charge in [0.2, 0.25) is 0 Å².